The molecule has 9 rings (SSSR count). The number of benzene rings is 6. The van der Waals surface area contributed by atoms with Crippen LogP contribution in [0.2, 0.25) is 0 Å². The monoisotopic (exact) mass is 681 g/mol. The van der Waals surface area contributed by atoms with E-state index in [1.165, 1.54) is 10.8 Å². The highest BCUT2D eigenvalue weighted by Crippen LogP contribution is 2.43. The van der Waals surface area contributed by atoms with Gasteiger partial charge in [-0.1, -0.05) is 66.7 Å². The Hall–Kier alpha value is -6.73. The first kappa shape index (κ1) is 31.3. The lowest BCUT2D eigenvalue weighted by molar-refractivity contribution is 0.394. The first-order valence-electron chi connectivity index (χ1n) is 17.1. The van der Waals surface area contributed by atoms with Crippen LogP contribution < -0.4 is 18.9 Å². The fraction of sp³-hybridized carbons (Fsp3) is 0.0889. The first-order chi connectivity index (χ1) is 25.6. The molecule has 0 aliphatic carbocycles. The summed E-state index contributed by atoms with van der Waals surface area (Å²) in [6.45, 7) is 0. The van der Waals surface area contributed by atoms with Gasteiger partial charge in [0.1, 0.15) is 23.0 Å². The maximum absolute atomic E-state index is 5.70. The van der Waals surface area contributed by atoms with Gasteiger partial charge in [0.2, 0.25) is 0 Å². The van der Waals surface area contributed by atoms with E-state index in [2.05, 4.69) is 112 Å². The van der Waals surface area contributed by atoms with Crippen molar-refractivity contribution in [2.24, 2.45) is 0 Å². The number of methoxy groups -OCH3 is 4. The smallest absolute Gasteiger partial charge is 0.123 e. The van der Waals surface area contributed by atoms with E-state index in [1.54, 1.807) is 28.4 Å². The van der Waals surface area contributed by atoms with Crippen LogP contribution >= 0.6 is 0 Å². The Morgan fingerprint density at radius 3 is 1.23 bits per heavy atom. The molecule has 0 aliphatic heterocycles. The van der Waals surface area contributed by atoms with Crippen LogP contribution in [0, 0.1) is 0 Å². The number of pyridine rings is 1. The summed E-state index contributed by atoms with van der Waals surface area (Å²) in [5.74, 6) is 2.71. The third kappa shape index (κ3) is 5.01. The number of fused-ring (bicyclic) bond motifs is 7. The molecule has 7 nitrogen and oxygen atoms in total. The number of ether oxygens (including phenoxy) is 4. The number of aromatic nitrogens is 3. The fourth-order valence-corrected chi connectivity index (χ4v) is 7.47. The molecule has 52 heavy (non-hydrogen) atoms. The SMILES string of the molecule is COc1cc(OC)cc(-c2cc(-n3c4ccccc4c4ccc5c6ccccc6n(-c6ccccc6)c5c43)cc(-c3cc(OC)cc(OC)c3)n2)c1. The second-order valence-electron chi connectivity index (χ2n) is 12.7. The van der Waals surface area contributed by atoms with E-state index in [-0.39, 0.29) is 0 Å². The average Bonchev–Trinajstić information content (AvgIpc) is 3.73. The van der Waals surface area contributed by atoms with E-state index in [9.17, 15) is 0 Å². The molecule has 0 fully saturated rings. The van der Waals surface area contributed by atoms with Crippen LogP contribution in [0.25, 0.3) is 77.5 Å². The molecule has 0 bridgehead atoms. The van der Waals surface area contributed by atoms with E-state index < -0.39 is 0 Å². The lowest BCUT2D eigenvalue weighted by Gasteiger charge is -2.16. The number of nitrogens with zero attached hydrogens (tertiary/aromatic N) is 3. The third-order valence-electron chi connectivity index (χ3n) is 9.85. The maximum Gasteiger partial charge on any atom is 0.123 e. The van der Waals surface area contributed by atoms with Crippen molar-refractivity contribution in [1.82, 2.24) is 14.1 Å². The molecule has 254 valence electrons. The normalized spacial score (nSPS) is 11.5. The van der Waals surface area contributed by atoms with Gasteiger partial charge in [0.25, 0.3) is 0 Å². The second-order valence-corrected chi connectivity index (χ2v) is 12.7. The van der Waals surface area contributed by atoms with Crippen LogP contribution in [0.15, 0.2) is 140 Å². The average molecular weight is 682 g/mol. The van der Waals surface area contributed by atoms with Crippen LogP contribution in [0.5, 0.6) is 23.0 Å². The van der Waals surface area contributed by atoms with E-state index in [1.807, 2.05) is 36.4 Å². The minimum absolute atomic E-state index is 0.678. The molecular weight excluding hydrogens is 647 g/mol. The molecule has 0 aliphatic rings. The summed E-state index contributed by atoms with van der Waals surface area (Å²) in [6, 6.07) is 48.4. The van der Waals surface area contributed by atoms with Gasteiger partial charge in [-0.3, -0.25) is 0 Å². The van der Waals surface area contributed by atoms with Gasteiger partial charge in [-0.15, -0.1) is 0 Å². The lowest BCUT2D eigenvalue weighted by atomic mass is 10.1. The Balaban J connectivity index is 1.44. The van der Waals surface area contributed by atoms with Crippen molar-refractivity contribution in [2.75, 3.05) is 28.4 Å². The van der Waals surface area contributed by atoms with Crippen molar-refractivity contribution in [1.29, 1.82) is 0 Å². The largest absolute Gasteiger partial charge is 0.497 e. The van der Waals surface area contributed by atoms with Gasteiger partial charge < -0.3 is 28.1 Å². The van der Waals surface area contributed by atoms with Gasteiger partial charge in [-0.05, 0) is 60.7 Å². The third-order valence-corrected chi connectivity index (χ3v) is 9.85. The van der Waals surface area contributed by atoms with Gasteiger partial charge in [-0.2, -0.15) is 0 Å². The summed E-state index contributed by atoms with van der Waals surface area (Å²) in [5.41, 5.74) is 9.76. The standard InChI is InChI=1S/C45H35N3O4/c1-49-32-20-28(21-33(26-32)50-2)40-24-31(25-41(46-40)29-22-34(51-3)27-35(23-29)52-4)48-43-17-11-9-15-37(43)39-19-18-38-36-14-8-10-16-42(36)47(44(38)45(39)48)30-12-6-5-7-13-30/h5-27H,1-4H3. The van der Waals surface area contributed by atoms with Crippen molar-refractivity contribution < 1.29 is 18.9 Å². The van der Waals surface area contributed by atoms with E-state index >= 15 is 0 Å². The Morgan fingerprint density at radius 1 is 0.385 bits per heavy atom. The van der Waals surface area contributed by atoms with Crippen LogP contribution in [0.4, 0.5) is 0 Å². The van der Waals surface area contributed by atoms with Crippen molar-refractivity contribution in [3.05, 3.63) is 140 Å². The molecule has 9 aromatic rings. The van der Waals surface area contributed by atoms with Crippen molar-refractivity contribution in [3.8, 4) is 56.9 Å². The summed E-state index contributed by atoms with van der Waals surface area (Å²) in [7, 11) is 6.63. The van der Waals surface area contributed by atoms with Crippen LogP contribution in [0.1, 0.15) is 0 Å². The van der Waals surface area contributed by atoms with Crippen LogP contribution in [-0.2, 0) is 0 Å². The minimum atomic E-state index is 0.678. The number of hydrogen-bond donors (Lipinski definition) is 0. The number of rotatable bonds is 8. The Bertz CT molecular complexity index is 2680. The molecule has 0 amide bonds. The van der Waals surface area contributed by atoms with Gasteiger partial charge in [0, 0.05) is 50.5 Å². The van der Waals surface area contributed by atoms with Crippen molar-refractivity contribution in [2.45, 2.75) is 0 Å². The lowest BCUT2D eigenvalue weighted by Crippen LogP contribution is -2.01. The number of hydrogen-bond acceptors (Lipinski definition) is 5. The van der Waals surface area contributed by atoms with Crippen molar-refractivity contribution in [3.63, 3.8) is 0 Å². The summed E-state index contributed by atoms with van der Waals surface area (Å²) >= 11 is 0. The van der Waals surface area contributed by atoms with Crippen LogP contribution in [-0.4, -0.2) is 42.6 Å². The molecule has 0 saturated carbocycles. The molecule has 3 heterocycles. The highest BCUT2D eigenvalue weighted by Gasteiger charge is 2.22. The first-order valence-corrected chi connectivity index (χ1v) is 17.1. The summed E-state index contributed by atoms with van der Waals surface area (Å²) < 4.78 is 27.6. The predicted octanol–water partition coefficient (Wildman–Crippen LogP) is 10.6. The van der Waals surface area contributed by atoms with Gasteiger partial charge in [0.05, 0.1) is 67.6 Å². The number of para-hydroxylation sites is 3. The zero-order valence-corrected chi connectivity index (χ0v) is 29.3. The maximum atomic E-state index is 5.70. The van der Waals surface area contributed by atoms with Gasteiger partial charge in [-0.25, -0.2) is 4.98 Å². The highest BCUT2D eigenvalue weighted by atomic mass is 16.5. The zero-order valence-electron chi connectivity index (χ0n) is 29.3. The molecule has 6 aromatic carbocycles. The summed E-state index contributed by atoms with van der Waals surface area (Å²) in [6.07, 6.45) is 0. The second kappa shape index (κ2) is 12.5. The van der Waals surface area contributed by atoms with Crippen molar-refractivity contribution >= 4 is 43.6 Å². The molecule has 0 unspecified atom stereocenters. The fourth-order valence-electron chi connectivity index (χ4n) is 7.47. The molecule has 7 heteroatoms. The van der Waals surface area contributed by atoms with E-state index in [0.717, 1.165) is 66.7 Å². The van der Waals surface area contributed by atoms with E-state index in [0.29, 0.717) is 23.0 Å². The highest BCUT2D eigenvalue weighted by molar-refractivity contribution is 6.23. The zero-order chi connectivity index (χ0) is 35.3. The van der Waals surface area contributed by atoms with Crippen LogP contribution in [0.3, 0.4) is 0 Å². The minimum Gasteiger partial charge on any atom is -0.497 e. The topological polar surface area (TPSA) is 59.7 Å². The molecule has 0 saturated heterocycles. The summed E-state index contributed by atoms with van der Waals surface area (Å²) in [5, 5.41) is 4.70. The Labute approximate surface area is 300 Å². The Kier molecular flexibility index (Phi) is 7.55. The molecule has 0 atom stereocenters. The van der Waals surface area contributed by atoms with Gasteiger partial charge >= 0.3 is 0 Å². The van der Waals surface area contributed by atoms with E-state index in [4.69, 9.17) is 23.9 Å². The Morgan fingerprint density at radius 2 is 0.788 bits per heavy atom. The molecule has 3 aromatic heterocycles. The molecular formula is C45H35N3O4. The molecule has 0 N–H and O–H groups in total. The molecule has 0 radical (unpaired) electrons. The quantitative estimate of drug-likeness (QED) is 0.160. The summed E-state index contributed by atoms with van der Waals surface area (Å²) in [4.78, 5) is 5.27. The van der Waals surface area contributed by atoms with Gasteiger partial charge in [0.15, 0.2) is 0 Å². The predicted molar refractivity (Wildman–Crippen MR) is 210 cm³/mol. The molecule has 0 spiro atoms.